The van der Waals surface area contributed by atoms with E-state index in [1.54, 1.807) is 6.20 Å². The van der Waals surface area contributed by atoms with Crippen LogP contribution >= 0.6 is 11.3 Å². The van der Waals surface area contributed by atoms with Crippen molar-refractivity contribution in [1.82, 2.24) is 29.1 Å². The Morgan fingerprint density at radius 3 is 1.72 bits per heavy atom. The van der Waals surface area contributed by atoms with Crippen molar-refractivity contribution in [1.29, 1.82) is 0 Å². The maximum atomic E-state index is 5.33. The lowest BCUT2D eigenvalue weighted by atomic mass is 9.98. The van der Waals surface area contributed by atoms with Crippen molar-refractivity contribution < 1.29 is 0 Å². The van der Waals surface area contributed by atoms with Gasteiger partial charge < -0.3 is 4.57 Å². The van der Waals surface area contributed by atoms with Crippen LogP contribution in [0.1, 0.15) is 0 Å². The van der Waals surface area contributed by atoms with E-state index in [0.717, 1.165) is 72.2 Å². The molecule has 0 N–H and O–H groups in total. The SMILES string of the molecule is c1ccc(-c2cccc(-c3ccc4sc5ccc(-n6c7ccccc7c7c8c9ccccc9n(-c9nc(-c%10ccccc%10)cc(-c%10ccc%11ncccc%11n%10)n9)c8ccc76)cc5c4c3)c2)cc1. The van der Waals surface area contributed by atoms with Crippen LogP contribution < -0.4 is 0 Å². The molecule has 0 spiro atoms. The van der Waals surface area contributed by atoms with Crippen LogP contribution in [0.15, 0.2) is 219 Å². The Kier molecular flexibility index (Phi) is 8.35. The Balaban J connectivity index is 0.971. The third-order valence-corrected chi connectivity index (χ3v) is 14.3. The summed E-state index contributed by atoms with van der Waals surface area (Å²) in [6.07, 6.45) is 1.79. The van der Waals surface area contributed by atoms with Gasteiger partial charge in [-0.15, -0.1) is 11.3 Å². The van der Waals surface area contributed by atoms with E-state index in [4.69, 9.17) is 15.0 Å². The van der Waals surface area contributed by atoms with Crippen molar-refractivity contribution in [2.24, 2.45) is 0 Å². The highest BCUT2D eigenvalue weighted by atomic mass is 32.1. The molecular weight excluding hydrogens is 837 g/mol. The Labute approximate surface area is 388 Å². The van der Waals surface area contributed by atoms with Gasteiger partial charge in [-0.05, 0) is 113 Å². The highest BCUT2D eigenvalue weighted by Crippen LogP contribution is 2.44. The van der Waals surface area contributed by atoms with E-state index in [0.29, 0.717) is 5.95 Å². The van der Waals surface area contributed by atoms with Crippen molar-refractivity contribution in [2.45, 2.75) is 0 Å². The standard InChI is InChI=1S/C60H36N6S/c1-3-13-37(14-4-1)39-17-11-18-40(33-39)41-24-30-56-45(34-41)46-35-42(25-31-57(46)67-56)65-52-22-9-7-19-43(52)58-54(65)28-29-55-59(58)44-20-8-10-23-53(44)66(55)60-63-50(38-15-5-2-6-16-38)36-51(64-60)49-27-26-47-48(62-49)21-12-32-61-47/h1-36H. The summed E-state index contributed by atoms with van der Waals surface area (Å²) in [5, 5.41) is 7.21. The molecule has 6 nitrogen and oxygen atoms in total. The van der Waals surface area contributed by atoms with Crippen LogP contribution in [0.5, 0.6) is 0 Å². The second-order valence-corrected chi connectivity index (χ2v) is 18.1. The number of thiophene rings is 1. The fourth-order valence-electron chi connectivity index (χ4n) is 10.1. The second-order valence-electron chi connectivity index (χ2n) is 17.0. The quantitative estimate of drug-likeness (QED) is 0.167. The molecular formula is C60H36N6S. The summed E-state index contributed by atoms with van der Waals surface area (Å²) < 4.78 is 7.22. The molecule has 0 saturated heterocycles. The lowest BCUT2D eigenvalue weighted by Gasteiger charge is -2.12. The summed E-state index contributed by atoms with van der Waals surface area (Å²) in [6, 6.07) is 75.6. The molecule has 0 aliphatic heterocycles. The van der Waals surface area contributed by atoms with E-state index in [-0.39, 0.29) is 0 Å². The van der Waals surface area contributed by atoms with Crippen molar-refractivity contribution in [2.75, 3.05) is 0 Å². The van der Waals surface area contributed by atoms with Crippen LogP contribution in [0, 0.1) is 0 Å². The lowest BCUT2D eigenvalue weighted by molar-refractivity contribution is 0.993. The molecule has 0 saturated carbocycles. The number of rotatable bonds is 6. The van der Waals surface area contributed by atoms with Crippen molar-refractivity contribution in [3.63, 3.8) is 0 Å². The first-order valence-corrected chi connectivity index (χ1v) is 23.3. The number of aromatic nitrogens is 6. The molecule has 67 heavy (non-hydrogen) atoms. The molecule has 0 aliphatic carbocycles. The van der Waals surface area contributed by atoms with Gasteiger partial charge in [-0.1, -0.05) is 121 Å². The second kappa shape index (κ2) is 14.9. The molecule has 0 atom stereocenters. The molecule has 14 rings (SSSR count). The normalized spacial score (nSPS) is 11.9. The number of benzene rings is 8. The van der Waals surface area contributed by atoms with E-state index in [9.17, 15) is 0 Å². The predicted octanol–water partition coefficient (Wildman–Crippen LogP) is 15.6. The van der Waals surface area contributed by atoms with Gasteiger partial charge in [0.1, 0.15) is 0 Å². The van der Waals surface area contributed by atoms with Gasteiger partial charge >= 0.3 is 0 Å². The molecule has 0 fully saturated rings. The molecule has 8 aromatic carbocycles. The molecule has 6 heterocycles. The fraction of sp³-hybridized carbons (Fsp3) is 0. The van der Waals surface area contributed by atoms with E-state index in [1.165, 1.54) is 53.2 Å². The molecule has 7 heteroatoms. The third kappa shape index (κ3) is 6.02. The van der Waals surface area contributed by atoms with Crippen LogP contribution in [0.3, 0.4) is 0 Å². The topological polar surface area (TPSA) is 61.4 Å². The van der Waals surface area contributed by atoms with E-state index in [1.807, 2.05) is 59.9 Å². The van der Waals surface area contributed by atoms with E-state index < -0.39 is 0 Å². The maximum absolute atomic E-state index is 5.33. The molecule has 312 valence electrons. The minimum Gasteiger partial charge on any atom is -0.309 e. The first kappa shape index (κ1) is 37.6. The number of para-hydroxylation sites is 2. The van der Waals surface area contributed by atoms with Gasteiger partial charge in [0.25, 0.3) is 0 Å². The number of fused-ring (bicyclic) bond motifs is 11. The number of hydrogen-bond acceptors (Lipinski definition) is 5. The van der Waals surface area contributed by atoms with Crippen LogP contribution in [-0.4, -0.2) is 29.1 Å². The van der Waals surface area contributed by atoms with Crippen molar-refractivity contribution in [3.8, 4) is 56.5 Å². The molecule has 0 aliphatic rings. The predicted molar refractivity (Wildman–Crippen MR) is 278 cm³/mol. The average molecular weight is 873 g/mol. The number of pyridine rings is 2. The van der Waals surface area contributed by atoms with Gasteiger partial charge in [0.2, 0.25) is 5.95 Å². The summed E-state index contributed by atoms with van der Waals surface area (Å²) >= 11 is 1.85. The third-order valence-electron chi connectivity index (χ3n) is 13.2. The first-order chi connectivity index (χ1) is 33.2. The van der Waals surface area contributed by atoms with Crippen LogP contribution in [0.2, 0.25) is 0 Å². The van der Waals surface area contributed by atoms with Crippen molar-refractivity contribution in [3.05, 3.63) is 219 Å². The van der Waals surface area contributed by atoms with Crippen molar-refractivity contribution >= 4 is 86.2 Å². The number of hydrogen-bond donors (Lipinski definition) is 0. The Morgan fingerprint density at radius 2 is 0.940 bits per heavy atom. The maximum Gasteiger partial charge on any atom is 0.235 e. The Bertz CT molecular complexity index is 4280. The zero-order chi connectivity index (χ0) is 44.0. The Morgan fingerprint density at radius 1 is 0.328 bits per heavy atom. The molecule has 0 amide bonds. The molecule has 0 radical (unpaired) electrons. The van der Waals surface area contributed by atoms with Crippen LogP contribution in [-0.2, 0) is 0 Å². The van der Waals surface area contributed by atoms with Crippen LogP contribution in [0.4, 0.5) is 0 Å². The molecule has 0 unspecified atom stereocenters. The molecule has 14 aromatic rings. The highest BCUT2D eigenvalue weighted by molar-refractivity contribution is 7.25. The summed E-state index contributed by atoms with van der Waals surface area (Å²) in [5.41, 5.74) is 15.3. The van der Waals surface area contributed by atoms with Gasteiger partial charge in [0.05, 0.1) is 50.2 Å². The first-order valence-electron chi connectivity index (χ1n) is 22.5. The van der Waals surface area contributed by atoms with E-state index >= 15 is 0 Å². The highest BCUT2D eigenvalue weighted by Gasteiger charge is 2.23. The van der Waals surface area contributed by atoms with Gasteiger partial charge in [-0.2, -0.15) is 0 Å². The van der Waals surface area contributed by atoms with Gasteiger partial charge in [-0.3, -0.25) is 9.55 Å². The Hall–Kier alpha value is -8.78. The average Bonchev–Trinajstić information content (AvgIpc) is 4.06. The van der Waals surface area contributed by atoms with Gasteiger partial charge in [-0.25, -0.2) is 15.0 Å². The number of nitrogens with zero attached hydrogens (tertiary/aromatic N) is 6. The summed E-state index contributed by atoms with van der Waals surface area (Å²) in [6.45, 7) is 0. The van der Waals surface area contributed by atoms with Gasteiger partial charge in [0, 0.05) is 59.2 Å². The smallest absolute Gasteiger partial charge is 0.235 e. The summed E-state index contributed by atoms with van der Waals surface area (Å²) in [4.78, 5) is 20.2. The zero-order valence-corrected chi connectivity index (χ0v) is 36.7. The van der Waals surface area contributed by atoms with Crippen LogP contribution in [0.25, 0.3) is 131 Å². The monoisotopic (exact) mass is 872 g/mol. The zero-order valence-electron chi connectivity index (χ0n) is 35.9. The minimum atomic E-state index is 0.583. The minimum absolute atomic E-state index is 0.583. The summed E-state index contributed by atoms with van der Waals surface area (Å²) in [5.74, 6) is 0.583. The lowest BCUT2D eigenvalue weighted by Crippen LogP contribution is -2.04. The fourth-order valence-corrected chi connectivity index (χ4v) is 11.2. The summed E-state index contributed by atoms with van der Waals surface area (Å²) in [7, 11) is 0. The molecule has 6 aromatic heterocycles. The largest absolute Gasteiger partial charge is 0.309 e. The molecule has 0 bridgehead atoms. The van der Waals surface area contributed by atoms with E-state index in [2.05, 4.69) is 178 Å². The van der Waals surface area contributed by atoms with Gasteiger partial charge in [0.15, 0.2) is 0 Å².